The van der Waals surface area contributed by atoms with E-state index in [4.69, 9.17) is 4.74 Å². The molecule has 1 fully saturated rings. The Hall–Kier alpha value is -1.34. The summed E-state index contributed by atoms with van der Waals surface area (Å²) >= 11 is 0. The maximum Gasteiger partial charge on any atom is 0.573 e. The molecule has 2 unspecified atom stereocenters. The van der Waals surface area contributed by atoms with Crippen LogP contribution in [0.25, 0.3) is 0 Å². The quantitative estimate of drug-likeness (QED) is 0.807. The number of alkyl halides is 3. The Morgan fingerprint density at radius 2 is 2.00 bits per heavy atom. The van der Waals surface area contributed by atoms with Gasteiger partial charge in [0.05, 0.1) is 18.8 Å². The van der Waals surface area contributed by atoms with E-state index in [2.05, 4.69) is 10.1 Å². The van der Waals surface area contributed by atoms with Crippen LogP contribution in [0.2, 0.25) is 0 Å². The van der Waals surface area contributed by atoms with Crippen molar-refractivity contribution < 1.29 is 27.0 Å². The molecule has 1 saturated heterocycles. The van der Waals surface area contributed by atoms with Gasteiger partial charge in [-0.05, 0) is 23.3 Å². The molecule has 118 valence electrons. The average Bonchev–Trinajstić information content (AvgIpc) is 2.78. The van der Waals surface area contributed by atoms with Crippen LogP contribution in [0.4, 0.5) is 17.6 Å². The van der Waals surface area contributed by atoms with Gasteiger partial charge in [0.25, 0.3) is 0 Å². The molecule has 1 heterocycles. The Balaban J connectivity index is 0.000000774. The molecule has 0 spiro atoms. The minimum atomic E-state index is -4.89. The standard InChI is InChI=1S/C12H11F4NO2.C2H6/c13-8-5-7-6(3-9(8)19-12(14,15)16)4-10-11(7)17-1-2-18-10;1-2/h3,5,10-11,17H,1-2,4H2;1-2H3. The average molecular weight is 307 g/mol. The molecule has 3 rings (SSSR count). The number of hydrogen-bond acceptors (Lipinski definition) is 3. The summed E-state index contributed by atoms with van der Waals surface area (Å²) in [5.41, 5.74) is 1.28. The molecule has 2 aliphatic rings. The second-order valence-corrected chi connectivity index (χ2v) is 4.57. The van der Waals surface area contributed by atoms with E-state index in [9.17, 15) is 17.6 Å². The number of nitrogens with one attached hydrogen (secondary N) is 1. The van der Waals surface area contributed by atoms with Gasteiger partial charge in [0.1, 0.15) is 0 Å². The molecular formula is C14H17F4NO2. The minimum Gasteiger partial charge on any atom is -0.403 e. The van der Waals surface area contributed by atoms with E-state index in [1.165, 1.54) is 0 Å². The number of halogens is 4. The Kier molecular flexibility index (Phi) is 4.73. The van der Waals surface area contributed by atoms with E-state index < -0.39 is 17.9 Å². The number of benzene rings is 1. The molecule has 1 aromatic rings. The second-order valence-electron chi connectivity index (χ2n) is 4.57. The minimum absolute atomic E-state index is 0.149. The molecule has 3 nitrogen and oxygen atoms in total. The summed E-state index contributed by atoms with van der Waals surface area (Å²) in [6, 6.07) is 2.06. The van der Waals surface area contributed by atoms with Crippen LogP contribution < -0.4 is 10.1 Å². The van der Waals surface area contributed by atoms with Crippen LogP contribution in [0, 0.1) is 5.82 Å². The summed E-state index contributed by atoms with van der Waals surface area (Å²) in [6.45, 7) is 5.19. The van der Waals surface area contributed by atoms with Gasteiger partial charge in [-0.3, -0.25) is 0 Å². The first-order valence-corrected chi connectivity index (χ1v) is 6.87. The van der Waals surface area contributed by atoms with Crippen molar-refractivity contribution >= 4 is 0 Å². The van der Waals surface area contributed by atoms with Crippen molar-refractivity contribution in [1.29, 1.82) is 0 Å². The molecule has 1 aliphatic heterocycles. The number of morpholine rings is 1. The Morgan fingerprint density at radius 1 is 1.29 bits per heavy atom. The van der Waals surface area contributed by atoms with Crippen molar-refractivity contribution in [3.63, 3.8) is 0 Å². The van der Waals surface area contributed by atoms with Gasteiger partial charge >= 0.3 is 6.36 Å². The zero-order valence-corrected chi connectivity index (χ0v) is 11.8. The maximum atomic E-state index is 13.6. The predicted molar refractivity (Wildman–Crippen MR) is 68.6 cm³/mol. The van der Waals surface area contributed by atoms with Crippen LogP contribution in [-0.4, -0.2) is 25.6 Å². The number of ether oxygens (including phenoxy) is 2. The first kappa shape index (κ1) is 16.0. The molecule has 0 bridgehead atoms. The fraction of sp³-hybridized carbons (Fsp3) is 0.571. The number of rotatable bonds is 1. The van der Waals surface area contributed by atoms with Gasteiger partial charge in [0, 0.05) is 13.0 Å². The van der Waals surface area contributed by atoms with Crippen LogP contribution in [-0.2, 0) is 11.2 Å². The van der Waals surface area contributed by atoms with Gasteiger partial charge in [-0.15, -0.1) is 13.2 Å². The normalized spacial score (nSPS) is 23.7. The highest BCUT2D eigenvalue weighted by Gasteiger charge is 2.38. The van der Waals surface area contributed by atoms with Gasteiger partial charge in [-0.1, -0.05) is 13.8 Å². The fourth-order valence-electron chi connectivity index (χ4n) is 2.64. The Morgan fingerprint density at radius 3 is 2.67 bits per heavy atom. The number of hydrogen-bond donors (Lipinski definition) is 1. The third-order valence-corrected chi connectivity index (χ3v) is 3.35. The van der Waals surface area contributed by atoms with Crippen LogP contribution in [0.1, 0.15) is 31.0 Å². The van der Waals surface area contributed by atoms with E-state index >= 15 is 0 Å². The maximum absolute atomic E-state index is 13.6. The molecule has 0 radical (unpaired) electrons. The summed E-state index contributed by atoms with van der Waals surface area (Å²) in [5.74, 6) is -1.80. The van der Waals surface area contributed by atoms with Gasteiger partial charge in [-0.25, -0.2) is 4.39 Å². The largest absolute Gasteiger partial charge is 0.573 e. The summed E-state index contributed by atoms with van der Waals surface area (Å²) in [5, 5.41) is 3.18. The van der Waals surface area contributed by atoms with Crippen LogP contribution in [0.15, 0.2) is 12.1 Å². The Labute approximate surface area is 120 Å². The van der Waals surface area contributed by atoms with E-state index in [-0.39, 0.29) is 12.1 Å². The lowest BCUT2D eigenvalue weighted by Gasteiger charge is -2.27. The molecule has 1 N–H and O–H groups in total. The van der Waals surface area contributed by atoms with E-state index in [1.807, 2.05) is 13.8 Å². The lowest BCUT2D eigenvalue weighted by molar-refractivity contribution is -0.275. The van der Waals surface area contributed by atoms with Crippen molar-refractivity contribution in [2.45, 2.75) is 38.8 Å². The summed E-state index contributed by atoms with van der Waals surface area (Å²) < 4.78 is 59.3. The molecule has 0 amide bonds. The molecule has 21 heavy (non-hydrogen) atoms. The summed E-state index contributed by atoms with van der Waals surface area (Å²) in [6.07, 6.45) is -4.58. The topological polar surface area (TPSA) is 30.5 Å². The molecular weight excluding hydrogens is 290 g/mol. The van der Waals surface area contributed by atoms with Crippen molar-refractivity contribution in [2.75, 3.05) is 13.2 Å². The van der Waals surface area contributed by atoms with Crippen molar-refractivity contribution in [2.24, 2.45) is 0 Å². The lowest BCUT2D eigenvalue weighted by atomic mass is 10.1. The first-order valence-electron chi connectivity index (χ1n) is 6.87. The fourth-order valence-corrected chi connectivity index (χ4v) is 2.64. The third kappa shape index (κ3) is 3.47. The van der Waals surface area contributed by atoms with Crippen molar-refractivity contribution in [3.05, 3.63) is 29.1 Å². The smallest absolute Gasteiger partial charge is 0.403 e. The highest BCUT2D eigenvalue weighted by molar-refractivity contribution is 5.43. The van der Waals surface area contributed by atoms with Crippen molar-refractivity contribution in [1.82, 2.24) is 5.32 Å². The highest BCUT2D eigenvalue weighted by Crippen LogP contribution is 2.39. The van der Waals surface area contributed by atoms with Gasteiger partial charge in [0.15, 0.2) is 11.6 Å². The monoisotopic (exact) mass is 307 g/mol. The summed E-state index contributed by atoms with van der Waals surface area (Å²) in [4.78, 5) is 0. The molecule has 1 aliphatic carbocycles. The zero-order valence-electron chi connectivity index (χ0n) is 11.8. The first-order chi connectivity index (χ1) is 9.94. The Bertz CT molecular complexity index is 504. The zero-order chi connectivity index (χ0) is 15.6. The molecule has 0 aromatic heterocycles. The predicted octanol–water partition coefficient (Wildman–Crippen LogP) is 3.34. The third-order valence-electron chi connectivity index (χ3n) is 3.35. The van der Waals surface area contributed by atoms with Crippen molar-refractivity contribution in [3.8, 4) is 5.75 Å². The van der Waals surface area contributed by atoms with Gasteiger partial charge < -0.3 is 14.8 Å². The van der Waals surface area contributed by atoms with Gasteiger partial charge in [-0.2, -0.15) is 0 Å². The SMILES string of the molecule is CC.Fc1cc2c(cc1OC(F)(F)F)CC1OCCNC21. The lowest BCUT2D eigenvalue weighted by Crippen LogP contribution is -2.39. The number of fused-ring (bicyclic) bond motifs is 3. The van der Waals surface area contributed by atoms with Crippen LogP contribution in [0.3, 0.4) is 0 Å². The second kappa shape index (κ2) is 6.19. The van der Waals surface area contributed by atoms with E-state index in [0.717, 1.165) is 12.1 Å². The molecule has 7 heteroatoms. The molecule has 0 saturated carbocycles. The molecule has 2 atom stereocenters. The van der Waals surface area contributed by atoms with E-state index in [0.29, 0.717) is 30.7 Å². The van der Waals surface area contributed by atoms with Crippen LogP contribution >= 0.6 is 0 Å². The van der Waals surface area contributed by atoms with Gasteiger partial charge in [0.2, 0.25) is 0 Å². The van der Waals surface area contributed by atoms with Crippen LogP contribution in [0.5, 0.6) is 5.75 Å². The van der Waals surface area contributed by atoms with E-state index in [1.54, 1.807) is 0 Å². The highest BCUT2D eigenvalue weighted by atomic mass is 19.4. The summed E-state index contributed by atoms with van der Waals surface area (Å²) in [7, 11) is 0. The molecule has 1 aromatic carbocycles.